The highest BCUT2D eigenvalue weighted by molar-refractivity contribution is 5.79. The van der Waals surface area contributed by atoms with E-state index in [-0.39, 0.29) is 0 Å². The molecule has 31 heavy (non-hydrogen) atoms. The van der Waals surface area contributed by atoms with Crippen molar-refractivity contribution in [1.29, 1.82) is 0 Å². The van der Waals surface area contributed by atoms with Crippen LogP contribution in [0.15, 0.2) is 59.6 Å². The van der Waals surface area contributed by atoms with Crippen LogP contribution >= 0.6 is 0 Å². The Balaban J connectivity index is 1.40. The summed E-state index contributed by atoms with van der Waals surface area (Å²) in [6.45, 7) is 8.76. The van der Waals surface area contributed by atoms with Crippen molar-refractivity contribution in [1.82, 2.24) is 20.4 Å². The van der Waals surface area contributed by atoms with Gasteiger partial charge in [-0.25, -0.2) is 0 Å². The second-order valence-electron chi connectivity index (χ2n) is 8.74. The Bertz CT molecular complexity index is 787. The van der Waals surface area contributed by atoms with E-state index < -0.39 is 0 Å². The van der Waals surface area contributed by atoms with Gasteiger partial charge in [-0.05, 0) is 63.0 Å². The summed E-state index contributed by atoms with van der Waals surface area (Å²) < 4.78 is 0. The van der Waals surface area contributed by atoms with E-state index in [1.165, 1.54) is 36.2 Å². The molecule has 1 atom stereocenters. The fraction of sp³-hybridized carbons (Fsp3) is 0.500. The third-order valence-electron chi connectivity index (χ3n) is 6.02. The molecular formula is C26H39N5. The molecule has 0 saturated carbocycles. The molecule has 5 heteroatoms. The first-order chi connectivity index (χ1) is 15.1. The summed E-state index contributed by atoms with van der Waals surface area (Å²) in [5, 5.41) is 6.96. The van der Waals surface area contributed by atoms with E-state index in [0.29, 0.717) is 6.04 Å². The Morgan fingerprint density at radius 1 is 0.935 bits per heavy atom. The number of benzene rings is 2. The lowest BCUT2D eigenvalue weighted by molar-refractivity contribution is 0.269. The highest BCUT2D eigenvalue weighted by atomic mass is 15.2. The number of guanidine groups is 1. The molecule has 5 nitrogen and oxygen atoms in total. The summed E-state index contributed by atoms with van der Waals surface area (Å²) in [5.41, 5.74) is 4.05. The van der Waals surface area contributed by atoms with Gasteiger partial charge in [0.2, 0.25) is 0 Å². The zero-order valence-electron chi connectivity index (χ0n) is 19.5. The Morgan fingerprint density at radius 2 is 1.68 bits per heavy atom. The van der Waals surface area contributed by atoms with Gasteiger partial charge in [0.05, 0.1) is 0 Å². The molecule has 3 rings (SSSR count). The van der Waals surface area contributed by atoms with E-state index in [0.717, 1.165) is 45.0 Å². The van der Waals surface area contributed by atoms with Crippen LogP contribution in [0.2, 0.25) is 0 Å². The minimum Gasteiger partial charge on any atom is -0.354 e. The molecule has 1 heterocycles. The Morgan fingerprint density at radius 3 is 2.42 bits per heavy atom. The number of nitrogens with zero attached hydrogens (tertiary/aromatic N) is 3. The topological polar surface area (TPSA) is 42.9 Å². The van der Waals surface area contributed by atoms with Gasteiger partial charge in [-0.2, -0.15) is 0 Å². The number of likely N-dealkylation sites (N-methyl/N-ethyl adjacent to an activating group) is 1. The first-order valence-electron chi connectivity index (χ1n) is 11.6. The van der Waals surface area contributed by atoms with Gasteiger partial charge in [-0.1, -0.05) is 54.6 Å². The molecule has 0 aliphatic carbocycles. The van der Waals surface area contributed by atoms with Gasteiger partial charge >= 0.3 is 0 Å². The van der Waals surface area contributed by atoms with Crippen molar-refractivity contribution >= 4 is 5.96 Å². The van der Waals surface area contributed by atoms with E-state index >= 15 is 0 Å². The molecule has 1 aliphatic heterocycles. The molecule has 1 aliphatic rings. The van der Waals surface area contributed by atoms with Gasteiger partial charge in [-0.15, -0.1) is 0 Å². The number of rotatable bonds is 8. The number of nitrogens with one attached hydrogen (secondary N) is 2. The summed E-state index contributed by atoms with van der Waals surface area (Å²) >= 11 is 0. The van der Waals surface area contributed by atoms with Crippen LogP contribution in [-0.2, 0) is 19.5 Å². The third-order valence-corrected chi connectivity index (χ3v) is 6.02. The zero-order valence-corrected chi connectivity index (χ0v) is 19.5. The average molecular weight is 422 g/mol. The maximum Gasteiger partial charge on any atom is 0.191 e. The van der Waals surface area contributed by atoms with Crippen LogP contribution in [0.25, 0.3) is 0 Å². The minimum atomic E-state index is 0.362. The molecule has 1 saturated heterocycles. The Hall–Kier alpha value is -2.37. The second-order valence-corrected chi connectivity index (χ2v) is 8.74. The van der Waals surface area contributed by atoms with Crippen LogP contribution in [0.3, 0.4) is 0 Å². The Labute approximate surface area is 188 Å². The number of hydrogen-bond donors (Lipinski definition) is 2. The predicted octanol–water partition coefficient (Wildman–Crippen LogP) is 3.51. The summed E-state index contributed by atoms with van der Waals surface area (Å²) in [7, 11) is 4.05. The average Bonchev–Trinajstić information content (AvgIpc) is 3.00. The van der Waals surface area contributed by atoms with E-state index in [9.17, 15) is 0 Å². The highest BCUT2D eigenvalue weighted by Crippen LogP contribution is 2.10. The van der Waals surface area contributed by atoms with E-state index in [4.69, 9.17) is 0 Å². The lowest BCUT2D eigenvalue weighted by Crippen LogP contribution is -2.42. The molecule has 1 unspecified atom stereocenters. The molecule has 0 aromatic heterocycles. The molecule has 0 amide bonds. The molecule has 168 valence electrons. The largest absolute Gasteiger partial charge is 0.354 e. The normalized spacial score (nSPS) is 17.2. The molecule has 0 bridgehead atoms. The van der Waals surface area contributed by atoms with Gasteiger partial charge in [0.25, 0.3) is 0 Å². The predicted molar refractivity (Wildman–Crippen MR) is 131 cm³/mol. The third kappa shape index (κ3) is 8.35. The van der Waals surface area contributed by atoms with Crippen molar-refractivity contribution in [2.75, 3.05) is 40.3 Å². The van der Waals surface area contributed by atoms with Crippen LogP contribution in [0, 0.1) is 0 Å². The van der Waals surface area contributed by atoms with Crippen LogP contribution in [0.1, 0.15) is 36.5 Å². The first kappa shape index (κ1) is 23.3. The fourth-order valence-corrected chi connectivity index (χ4v) is 3.99. The van der Waals surface area contributed by atoms with E-state index in [1.807, 2.05) is 7.05 Å². The van der Waals surface area contributed by atoms with Crippen LogP contribution in [0.5, 0.6) is 0 Å². The molecule has 0 spiro atoms. The molecular weight excluding hydrogens is 382 g/mol. The van der Waals surface area contributed by atoms with Crippen molar-refractivity contribution in [3.63, 3.8) is 0 Å². The fourth-order valence-electron chi connectivity index (χ4n) is 3.99. The summed E-state index contributed by atoms with van der Waals surface area (Å²) in [5.74, 6) is 0.860. The van der Waals surface area contributed by atoms with Crippen molar-refractivity contribution in [2.24, 2.45) is 4.99 Å². The van der Waals surface area contributed by atoms with Crippen molar-refractivity contribution in [3.8, 4) is 0 Å². The maximum absolute atomic E-state index is 4.39. The van der Waals surface area contributed by atoms with Crippen LogP contribution < -0.4 is 10.6 Å². The van der Waals surface area contributed by atoms with Crippen LogP contribution in [0.4, 0.5) is 0 Å². The van der Waals surface area contributed by atoms with E-state index in [2.05, 4.69) is 94.0 Å². The SMILES string of the molecule is CN=C(NCc1ccc(CN2CCCN(C)CC2)cc1)NC(C)CCc1ccccc1. The van der Waals surface area contributed by atoms with Gasteiger partial charge in [0.15, 0.2) is 5.96 Å². The van der Waals surface area contributed by atoms with Crippen LogP contribution in [-0.4, -0.2) is 62.1 Å². The number of aliphatic imine (C=N–C) groups is 1. The lowest BCUT2D eigenvalue weighted by atomic mass is 10.1. The monoisotopic (exact) mass is 421 g/mol. The zero-order chi connectivity index (χ0) is 21.9. The van der Waals surface area contributed by atoms with Crippen molar-refractivity contribution in [2.45, 2.75) is 45.3 Å². The highest BCUT2D eigenvalue weighted by Gasteiger charge is 2.12. The van der Waals surface area contributed by atoms with Gasteiger partial charge in [0, 0.05) is 39.3 Å². The maximum atomic E-state index is 4.39. The smallest absolute Gasteiger partial charge is 0.191 e. The molecule has 2 N–H and O–H groups in total. The first-order valence-corrected chi connectivity index (χ1v) is 11.6. The summed E-state index contributed by atoms with van der Waals surface area (Å²) in [6.07, 6.45) is 3.40. The molecule has 0 radical (unpaired) electrons. The lowest BCUT2D eigenvalue weighted by Gasteiger charge is -2.20. The Kier molecular flexibility index (Phi) is 9.38. The van der Waals surface area contributed by atoms with Gasteiger partial charge < -0.3 is 15.5 Å². The van der Waals surface area contributed by atoms with Crippen molar-refractivity contribution < 1.29 is 0 Å². The molecule has 2 aromatic rings. The number of aryl methyl sites for hydroxylation is 1. The van der Waals surface area contributed by atoms with Crippen molar-refractivity contribution in [3.05, 3.63) is 71.3 Å². The number of hydrogen-bond acceptors (Lipinski definition) is 3. The van der Waals surface area contributed by atoms with Gasteiger partial charge in [-0.3, -0.25) is 9.89 Å². The minimum absolute atomic E-state index is 0.362. The van der Waals surface area contributed by atoms with E-state index in [1.54, 1.807) is 0 Å². The molecule has 1 fully saturated rings. The van der Waals surface area contributed by atoms with Gasteiger partial charge in [0.1, 0.15) is 0 Å². The standard InChI is InChI=1S/C26H39N5/c1-22(10-11-23-8-5-4-6-9-23)29-26(27-2)28-20-24-12-14-25(15-13-24)21-31-17-7-16-30(3)18-19-31/h4-6,8-9,12-15,22H,7,10-11,16-21H2,1-3H3,(H2,27,28,29). The second kappa shape index (κ2) is 12.5. The summed E-state index contributed by atoms with van der Waals surface area (Å²) in [4.78, 5) is 9.39. The summed E-state index contributed by atoms with van der Waals surface area (Å²) in [6, 6.07) is 20.0. The molecule has 2 aromatic carbocycles. The quantitative estimate of drug-likeness (QED) is 0.506.